The quantitative estimate of drug-likeness (QED) is 0.134. The summed E-state index contributed by atoms with van der Waals surface area (Å²) in [4.78, 5) is 0. The fraction of sp³-hybridized carbons (Fsp3) is 0.0556. The zero-order valence-electron chi connectivity index (χ0n) is 24.6. The van der Waals surface area contributed by atoms with Gasteiger partial charge in [0.2, 0.25) is 0 Å². The van der Waals surface area contributed by atoms with Crippen molar-refractivity contribution in [2.24, 2.45) is 0 Å². The summed E-state index contributed by atoms with van der Waals surface area (Å²) in [6, 6.07) is 25.6. The van der Waals surface area contributed by atoms with Gasteiger partial charge in [-0.2, -0.15) is 16.8 Å². The van der Waals surface area contributed by atoms with Gasteiger partial charge in [-0.25, -0.2) is 0 Å². The minimum atomic E-state index is -5.24. The maximum atomic E-state index is 13.5. The van der Waals surface area contributed by atoms with Crippen LogP contribution in [0.4, 0.5) is 0 Å². The first-order valence-corrected chi connectivity index (χ1v) is 17.3. The number of hydrogen-bond acceptors (Lipinski definition) is 9. The Hall–Kier alpha value is -5.36. The van der Waals surface area contributed by atoms with Gasteiger partial charge in [-0.05, 0) is 56.6 Å². The fourth-order valence-electron chi connectivity index (χ4n) is 7.79. The third kappa shape index (κ3) is 3.35. The number of rotatable bonds is 2. The zero-order chi connectivity index (χ0) is 32.0. The van der Waals surface area contributed by atoms with Gasteiger partial charge in [0.25, 0.3) is 0 Å². The molecule has 0 aliphatic carbocycles. The van der Waals surface area contributed by atoms with Gasteiger partial charge in [0, 0.05) is 53.9 Å². The monoisotopic (exact) mass is 660 g/mol. The molecule has 7 bridgehead atoms. The van der Waals surface area contributed by atoms with Crippen molar-refractivity contribution in [3.63, 3.8) is 0 Å². The average Bonchev–Trinajstić information content (AvgIpc) is 3.07. The number of ether oxygens (including phenoxy) is 2. The van der Waals surface area contributed by atoms with E-state index in [9.17, 15) is 16.8 Å². The van der Waals surface area contributed by atoms with E-state index in [0.29, 0.717) is 43.8 Å². The average molecular weight is 661 g/mol. The molecule has 9 nitrogen and oxygen atoms in total. The fourth-order valence-corrected chi connectivity index (χ4v) is 9.59. The van der Waals surface area contributed by atoms with Crippen LogP contribution in [0.5, 0.6) is 23.0 Å². The summed E-state index contributed by atoms with van der Waals surface area (Å²) in [5.74, 6) is 1.03. The van der Waals surface area contributed by atoms with Crippen molar-refractivity contribution in [1.29, 1.82) is 0 Å². The van der Waals surface area contributed by atoms with Crippen LogP contribution in [0.15, 0.2) is 84.9 Å². The smallest absolute Gasteiger partial charge is 0.466 e. The summed E-state index contributed by atoms with van der Waals surface area (Å²) in [7, 11) is -7.25. The van der Waals surface area contributed by atoms with E-state index in [1.54, 1.807) is 50.6 Å². The van der Waals surface area contributed by atoms with Gasteiger partial charge in [-0.15, -0.1) is 0 Å². The normalized spacial score (nSPS) is 16.0. The van der Waals surface area contributed by atoms with E-state index in [1.165, 1.54) is 0 Å². The van der Waals surface area contributed by atoms with E-state index in [1.807, 2.05) is 48.5 Å². The highest BCUT2D eigenvalue weighted by Gasteiger charge is 2.33. The van der Waals surface area contributed by atoms with Crippen LogP contribution in [0.2, 0.25) is 0 Å². The van der Waals surface area contributed by atoms with Crippen LogP contribution in [0, 0.1) is 0 Å². The van der Waals surface area contributed by atoms with E-state index in [4.69, 9.17) is 21.5 Å². The molecule has 0 N–H and O–H groups in total. The Morgan fingerprint density at radius 1 is 0.426 bits per heavy atom. The molecule has 11 rings (SSSR count). The molecule has 2 heterocycles. The SMILES string of the molecule is COc1cc2c3ccccc3c3c4ccc5c6ccc7c(c8ccccc8c8cc(OC)c(c1c5c42)c6c78)OS(=O)(=O)OS(=O)(=O)O3. The van der Waals surface area contributed by atoms with E-state index >= 15 is 0 Å². The first-order valence-electron chi connectivity index (χ1n) is 14.6. The molecule has 0 unspecified atom stereocenters. The van der Waals surface area contributed by atoms with Crippen LogP contribution in [0.25, 0.3) is 86.2 Å². The second kappa shape index (κ2) is 8.71. The predicted octanol–water partition coefficient (Wildman–Crippen LogP) is 8.08. The van der Waals surface area contributed by atoms with Crippen LogP contribution in [0.3, 0.4) is 0 Å². The Morgan fingerprint density at radius 2 is 0.809 bits per heavy atom. The molecule has 0 amide bonds. The molecule has 0 saturated carbocycles. The van der Waals surface area contributed by atoms with Crippen LogP contribution >= 0.6 is 0 Å². The Morgan fingerprint density at radius 3 is 1.21 bits per heavy atom. The van der Waals surface area contributed by atoms with Crippen molar-refractivity contribution in [2.75, 3.05) is 14.2 Å². The second-order valence-corrected chi connectivity index (χ2v) is 14.1. The van der Waals surface area contributed by atoms with Gasteiger partial charge in [0.1, 0.15) is 11.5 Å². The lowest BCUT2D eigenvalue weighted by Crippen LogP contribution is -2.22. The first kappa shape index (κ1) is 26.8. The van der Waals surface area contributed by atoms with Gasteiger partial charge >= 0.3 is 20.8 Å². The highest BCUT2D eigenvalue weighted by Crippen LogP contribution is 2.55. The molecule has 0 aromatic heterocycles. The van der Waals surface area contributed by atoms with Crippen LogP contribution < -0.4 is 17.8 Å². The highest BCUT2D eigenvalue weighted by atomic mass is 32.3. The van der Waals surface area contributed by atoms with Gasteiger partial charge in [0.05, 0.1) is 14.2 Å². The van der Waals surface area contributed by atoms with Crippen molar-refractivity contribution in [3.05, 3.63) is 84.9 Å². The summed E-state index contributed by atoms with van der Waals surface area (Å²) < 4.78 is 82.2. The molecule has 2 aliphatic heterocycles. The van der Waals surface area contributed by atoms with Crippen LogP contribution in [-0.2, 0) is 24.4 Å². The number of hydrogen-bond donors (Lipinski definition) is 0. The topological polar surface area (TPSA) is 114 Å². The zero-order valence-corrected chi connectivity index (χ0v) is 26.2. The molecule has 2 aliphatic rings. The predicted molar refractivity (Wildman–Crippen MR) is 182 cm³/mol. The van der Waals surface area contributed by atoms with Crippen molar-refractivity contribution in [2.45, 2.75) is 0 Å². The Balaban J connectivity index is 1.61. The molecule has 0 spiro atoms. The highest BCUT2D eigenvalue weighted by molar-refractivity contribution is 7.95. The Kier molecular flexibility index (Phi) is 4.97. The summed E-state index contributed by atoms with van der Waals surface area (Å²) in [6.07, 6.45) is 0. The van der Waals surface area contributed by atoms with Gasteiger partial charge in [0.15, 0.2) is 11.5 Å². The van der Waals surface area contributed by atoms with Crippen LogP contribution in [0.1, 0.15) is 0 Å². The minimum absolute atomic E-state index is 0.0762. The third-order valence-corrected chi connectivity index (χ3v) is 11.5. The van der Waals surface area contributed by atoms with E-state index in [0.717, 1.165) is 53.9 Å². The third-order valence-electron chi connectivity index (χ3n) is 9.42. The molecule has 9 aromatic carbocycles. The lowest BCUT2D eigenvalue weighted by atomic mass is 9.82. The molecular formula is C36H20O9S2. The molecule has 11 heteroatoms. The summed E-state index contributed by atoms with van der Waals surface area (Å²) in [5, 5.41) is 11.1. The summed E-state index contributed by atoms with van der Waals surface area (Å²) >= 11 is 0. The number of benzene rings is 9. The second-order valence-electron chi connectivity index (χ2n) is 11.6. The maximum Gasteiger partial charge on any atom is 0.466 e. The first-order chi connectivity index (χ1) is 22.7. The Labute approximate surface area is 266 Å². The molecule has 9 aromatic rings. The van der Waals surface area contributed by atoms with Gasteiger partial charge in [-0.3, -0.25) is 0 Å². The van der Waals surface area contributed by atoms with Gasteiger partial charge in [-0.1, -0.05) is 64.3 Å². The van der Waals surface area contributed by atoms with Crippen molar-refractivity contribution >= 4 is 107 Å². The van der Waals surface area contributed by atoms with Gasteiger partial charge < -0.3 is 17.8 Å². The molecule has 47 heavy (non-hydrogen) atoms. The minimum Gasteiger partial charge on any atom is -0.496 e. The largest absolute Gasteiger partial charge is 0.496 e. The van der Waals surface area contributed by atoms with Crippen molar-refractivity contribution in [1.82, 2.24) is 0 Å². The lowest BCUT2D eigenvalue weighted by Gasteiger charge is -2.23. The maximum absolute atomic E-state index is 13.5. The standard InChI is InChI=1S/C36H20O9S2/c1-41-27-15-25-17-7-3-5-9-21(17)35-23-13-11-19-20-12-14-24-30-26(16-28(42-2)34(32(20)30)33(27)31(19)29(23)25)18-8-4-6-10-22(18)36(24)44-47(39,40)45-46(37,38)43-35/h3-16H,1-2H3. The summed E-state index contributed by atoms with van der Waals surface area (Å²) in [5.41, 5.74) is 0. The molecular weight excluding hydrogens is 641 g/mol. The Bertz CT molecular complexity index is 2890. The lowest BCUT2D eigenvalue weighted by molar-refractivity contribution is 0.354. The summed E-state index contributed by atoms with van der Waals surface area (Å²) in [6.45, 7) is 0. The molecule has 0 fully saturated rings. The van der Waals surface area contributed by atoms with Crippen molar-refractivity contribution < 1.29 is 38.3 Å². The van der Waals surface area contributed by atoms with E-state index in [2.05, 4.69) is 0 Å². The van der Waals surface area contributed by atoms with Crippen molar-refractivity contribution in [3.8, 4) is 23.0 Å². The molecule has 230 valence electrons. The van der Waals surface area contributed by atoms with E-state index in [-0.39, 0.29) is 11.5 Å². The molecule has 0 saturated heterocycles. The molecule has 0 atom stereocenters. The number of methoxy groups -OCH3 is 2. The number of fused-ring (bicyclic) bond motifs is 10. The van der Waals surface area contributed by atoms with E-state index < -0.39 is 20.8 Å². The molecule has 0 radical (unpaired) electrons. The van der Waals surface area contributed by atoms with Crippen LogP contribution in [-0.4, -0.2) is 31.1 Å².